The molecule has 2 aromatic rings. The monoisotopic (exact) mass is 434 g/mol. The summed E-state index contributed by atoms with van der Waals surface area (Å²) in [6.07, 6.45) is -6.75. The maximum absolute atomic E-state index is 13.2. The van der Waals surface area contributed by atoms with Crippen LogP contribution in [0.2, 0.25) is 0 Å². The molecule has 1 fully saturated rings. The summed E-state index contributed by atoms with van der Waals surface area (Å²) in [5, 5.41) is 9.32. The Bertz CT molecular complexity index is 994. The van der Waals surface area contributed by atoms with Crippen molar-refractivity contribution in [2.45, 2.75) is 25.1 Å². The number of methoxy groups -OCH3 is 2. The van der Waals surface area contributed by atoms with Gasteiger partial charge in [0.25, 0.3) is 5.91 Å². The summed E-state index contributed by atoms with van der Waals surface area (Å²) in [6, 6.07) is 11.8. The Morgan fingerprint density at radius 3 is 2.29 bits per heavy atom. The smallest absolute Gasteiger partial charge is 0.425 e. The Hall–Kier alpha value is -3.41. The van der Waals surface area contributed by atoms with E-state index in [-0.39, 0.29) is 28.5 Å². The minimum Gasteiger partial charge on any atom is -0.497 e. The predicted molar refractivity (Wildman–Crippen MR) is 105 cm³/mol. The van der Waals surface area contributed by atoms with Crippen LogP contribution >= 0.6 is 0 Å². The molecule has 1 unspecified atom stereocenters. The molecule has 31 heavy (non-hydrogen) atoms. The number of likely N-dealkylation sites (tertiary alicyclic amines) is 1. The molecule has 0 spiro atoms. The maximum atomic E-state index is 13.2. The van der Waals surface area contributed by atoms with Gasteiger partial charge >= 0.3 is 6.18 Å². The molecule has 164 valence electrons. The molecular weight excluding hydrogens is 413 g/mol. The molecule has 1 atom stereocenters. The van der Waals surface area contributed by atoms with E-state index in [1.165, 1.54) is 24.1 Å². The number of amides is 1. The Morgan fingerprint density at radius 2 is 1.77 bits per heavy atom. The molecule has 0 aliphatic carbocycles. The van der Waals surface area contributed by atoms with Crippen LogP contribution in [0.3, 0.4) is 0 Å². The fourth-order valence-corrected chi connectivity index (χ4v) is 3.31. The van der Waals surface area contributed by atoms with Crippen molar-refractivity contribution in [2.75, 3.05) is 27.3 Å². The van der Waals surface area contributed by atoms with E-state index in [0.717, 1.165) is 18.2 Å². The number of hydrogen-bond acceptors (Lipinski definition) is 5. The first kappa shape index (κ1) is 22.3. The standard InChI is InChI=1S/C22H21F3N2O4/c1-13(22(23,24)25)31-18-9-6-15(10-26)20(30-3)19(18)21(28)27-11-16(12-27)14-4-7-17(29-2)8-5-14/h4-9,13,16H,11-12H2,1-3H3. The fraction of sp³-hybridized carbons (Fsp3) is 0.364. The Balaban J connectivity index is 1.86. The number of nitriles is 1. The zero-order valence-corrected chi connectivity index (χ0v) is 17.2. The molecule has 0 N–H and O–H groups in total. The van der Waals surface area contributed by atoms with E-state index in [9.17, 15) is 23.2 Å². The lowest BCUT2D eigenvalue weighted by atomic mass is 9.90. The minimum absolute atomic E-state index is 0.0325. The van der Waals surface area contributed by atoms with Crippen molar-refractivity contribution in [1.29, 1.82) is 5.26 Å². The predicted octanol–water partition coefficient (Wildman–Crippen LogP) is 4.14. The summed E-state index contributed by atoms with van der Waals surface area (Å²) < 4.78 is 54.4. The van der Waals surface area contributed by atoms with Crippen LogP contribution in [0.4, 0.5) is 13.2 Å². The fourth-order valence-electron chi connectivity index (χ4n) is 3.31. The average molecular weight is 434 g/mol. The van der Waals surface area contributed by atoms with Gasteiger partial charge in [0.1, 0.15) is 23.1 Å². The van der Waals surface area contributed by atoms with Gasteiger partial charge in [-0.1, -0.05) is 12.1 Å². The van der Waals surface area contributed by atoms with Crippen molar-refractivity contribution in [2.24, 2.45) is 0 Å². The SMILES string of the molecule is COc1ccc(C2CN(C(=O)c3c(OC(C)C(F)(F)F)ccc(C#N)c3OC)C2)cc1. The summed E-state index contributed by atoms with van der Waals surface area (Å²) in [5.41, 5.74) is 0.862. The van der Waals surface area contributed by atoms with Gasteiger partial charge in [0.05, 0.1) is 19.8 Å². The third-order valence-corrected chi connectivity index (χ3v) is 5.18. The normalized spacial score (nSPS) is 14.9. The number of hydrogen-bond donors (Lipinski definition) is 0. The number of alkyl halides is 3. The van der Waals surface area contributed by atoms with Crippen molar-refractivity contribution in [1.82, 2.24) is 4.90 Å². The van der Waals surface area contributed by atoms with Gasteiger partial charge in [0.2, 0.25) is 0 Å². The molecule has 1 heterocycles. The number of rotatable bonds is 6. The van der Waals surface area contributed by atoms with E-state index < -0.39 is 18.2 Å². The molecule has 3 rings (SSSR count). The number of benzene rings is 2. The summed E-state index contributed by atoms with van der Waals surface area (Å²) >= 11 is 0. The molecule has 0 aromatic heterocycles. The number of nitrogens with zero attached hydrogens (tertiary/aromatic N) is 2. The summed E-state index contributed by atoms with van der Waals surface area (Å²) in [7, 11) is 2.82. The molecule has 1 saturated heterocycles. The number of halogens is 3. The van der Waals surface area contributed by atoms with Crippen molar-refractivity contribution < 1.29 is 32.2 Å². The van der Waals surface area contributed by atoms with Gasteiger partial charge in [-0.25, -0.2) is 0 Å². The highest BCUT2D eigenvalue weighted by Gasteiger charge is 2.40. The summed E-state index contributed by atoms with van der Waals surface area (Å²) in [5.74, 6) is -0.137. The van der Waals surface area contributed by atoms with Crippen LogP contribution < -0.4 is 14.2 Å². The van der Waals surface area contributed by atoms with Crippen LogP contribution in [0.1, 0.15) is 34.3 Å². The van der Waals surface area contributed by atoms with Crippen LogP contribution in [0.15, 0.2) is 36.4 Å². The van der Waals surface area contributed by atoms with E-state index in [0.29, 0.717) is 13.1 Å². The molecular formula is C22H21F3N2O4. The Morgan fingerprint density at radius 1 is 1.13 bits per heavy atom. The number of carbonyl (C=O) groups is 1. The molecule has 1 aliphatic heterocycles. The van der Waals surface area contributed by atoms with E-state index in [2.05, 4.69) is 0 Å². The van der Waals surface area contributed by atoms with Crippen molar-refractivity contribution in [3.05, 3.63) is 53.1 Å². The van der Waals surface area contributed by atoms with Gasteiger partial charge in [-0.2, -0.15) is 18.4 Å². The van der Waals surface area contributed by atoms with Crippen LogP contribution in [0.5, 0.6) is 17.2 Å². The zero-order valence-electron chi connectivity index (χ0n) is 17.2. The van der Waals surface area contributed by atoms with E-state index in [4.69, 9.17) is 14.2 Å². The largest absolute Gasteiger partial charge is 0.497 e. The van der Waals surface area contributed by atoms with Crippen LogP contribution in [-0.4, -0.2) is 50.4 Å². The van der Waals surface area contributed by atoms with Gasteiger partial charge in [-0.15, -0.1) is 0 Å². The number of ether oxygens (including phenoxy) is 3. The summed E-state index contributed by atoms with van der Waals surface area (Å²) in [4.78, 5) is 14.6. The van der Waals surface area contributed by atoms with Crippen molar-refractivity contribution >= 4 is 5.91 Å². The lowest BCUT2D eigenvalue weighted by Gasteiger charge is -2.40. The third-order valence-electron chi connectivity index (χ3n) is 5.18. The minimum atomic E-state index is -4.61. The molecule has 1 aliphatic rings. The molecule has 0 bridgehead atoms. The molecule has 9 heteroatoms. The molecule has 0 saturated carbocycles. The van der Waals surface area contributed by atoms with Gasteiger partial charge in [0, 0.05) is 19.0 Å². The highest BCUT2D eigenvalue weighted by Crippen LogP contribution is 2.38. The van der Waals surface area contributed by atoms with E-state index in [1.807, 2.05) is 30.3 Å². The lowest BCUT2D eigenvalue weighted by Crippen LogP contribution is -2.48. The molecule has 1 amide bonds. The third kappa shape index (κ3) is 4.53. The quantitative estimate of drug-likeness (QED) is 0.683. The van der Waals surface area contributed by atoms with Gasteiger partial charge in [-0.05, 0) is 36.8 Å². The van der Waals surface area contributed by atoms with Crippen LogP contribution in [0.25, 0.3) is 0 Å². The van der Waals surface area contributed by atoms with Gasteiger partial charge < -0.3 is 19.1 Å². The first-order chi connectivity index (χ1) is 14.7. The van der Waals surface area contributed by atoms with Gasteiger partial charge in [0.15, 0.2) is 11.9 Å². The molecule has 2 aromatic carbocycles. The van der Waals surface area contributed by atoms with Gasteiger partial charge in [-0.3, -0.25) is 4.79 Å². The second-order valence-corrected chi connectivity index (χ2v) is 7.11. The first-order valence-corrected chi connectivity index (χ1v) is 9.47. The topological polar surface area (TPSA) is 71.8 Å². The second-order valence-electron chi connectivity index (χ2n) is 7.11. The lowest BCUT2D eigenvalue weighted by molar-refractivity contribution is -0.189. The molecule has 0 radical (unpaired) electrons. The zero-order chi connectivity index (χ0) is 22.8. The van der Waals surface area contributed by atoms with Crippen molar-refractivity contribution in [3.63, 3.8) is 0 Å². The van der Waals surface area contributed by atoms with E-state index in [1.54, 1.807) is 7.11 Å². The highest BCUT2D eigenvalue weighted by atomic mass is 19.4. The first-order valence-electron chi connectivity index (χ1n) is 9.47. The second kappa shape index (κ2) is 8.76. The number of carbonyl (C=O) groups excluding carboxylic acids is 1. The average Bonchev–Trinajstić information content (AvgIpc) is 2.71. The highest BCUT2D eigenvalue weighted by molar-refractivity contribution is 6.01. The molecule has 6 nitrogen and oxygen atoms in total. The maximum Gasteiger partial charge on any atom is 0.425 e. The van der Waals surface area contributed by atoms with Crippen LogP contribution in [-0.2, 0) is 0 Å². The Kier molecular flexibility index (Phi) is 6.29. The Labute approximate surface area is 177 Å². The van der Waals surface area contributed by atoms with E-state index >= 15 is 0 Å². The summed E-state index contributed by atoms with van der Waals surface area (Å²) in [6.45, 7) is 1.60. The van der Waals surface area contributed by atoms with Crippen molar-refractivity contribution in [3.8, 4) is 23.3 Å². The van der Waals surface area contributed by atoms with Crippen LogP contribution in [0, 0.1) is 11.3 Å².